The quantitative estimate of drug-likeness (QED) is 0.141. The van der Waals surface area contributed by atoms with E-state index < -0.39 is 0 Å². The topological polar surface area (TPSA) is 54.0 Å². The number of hydrogen-bond acceptors (Lipinski definition) is 6. The first-order valence-electron chi connectivity index (χ1n) is 12.6. The Morgan fingerprint density at radius 1 is 0.821 bits per heavy atom. The number of hydrogen-bond donors (Lipinski definition) is 0. The summed E-state index contributed by atoms with van der Waals surface area (Å²) >= 11 is 5.21. The second-order valence-corrected chi connectivity index (χ2v) is 10.7. The highest BCUT2D eigenvalue weighted by Crippen LogP contribution is 2.47. The molecule has 0 aliphatic rings. The fourth-order valence-corrected chi connectivity index (χ4v) is 5.43. The van der Waals surface area contributed by atoms with E-state index in [0.29, 0.717) is 25.6 Å². The van der Waals surface area contributed by atoms with E-state index >= 15 is 0 Å². The number of carbonyl (C=O) groups excluding carboxylic acids is 1. The molecule has 0 aliphatic heterocycles. The summed E-state index contributed by atoms with van der Waals surface area (Å²) < 4.78 is 25.0. The highest BCUT2D eigenvalue weighted by atomic mass is 79.9. The van der Waals surface area contributed by atoms with Crippen molar-refractivity contribution in [2.24, 2.45) is 0 Å². The van der Waals surface area contributed by atoms with Crippen LogP contribution in [0.1, 0.15) is 18.1 Å². The zero-order valence-corrected chi connectivity index (χ0v) is 23.8. The largest absolute Gasteiger partial charge is 0.489 e. The molecule has 1 heterocycles. The molecule has 39 heavy (non-hydrogen) atoms. The van der Waals surface area contributed by atoms with Crippen molar-refractivity contribution in [2.75, 3.05) is 13.2 Å². The summed E-state index contributed by atoms with van der Waals surface area (Å²) in [5.41, 5.74) is 3.14. The van der Waals surface area contributed by atoms with Gasteiger partial charge in [-0.25, -0.2) is 4.79 Å². The molecule has 0 saturated carbocycles. The van der Waals surface area contributed by atoms with E-state index in [4.69, 9.17) is 18.9 Å². The third-order valence-corrected chi connectivity index (χ3v) is 7.62. The van der Waals surface area contributed by atoms with Crippen LogP contribution in [0.4, 0.5) is 0 Å². The molecule has 0 amide bonds. The normalized spacial score (nSPS) is 10.9. The standard InChI is InChI=1S/C32H27BrO5S/c1-2-36-30(34)21-35-19-23-8-14-26(15-9-23)38-31-28-17-16-27(37-20-22-6-4-3-5-7-22)18-29(28)39-32(31)24-10-12-25(33)13-11-24/h3-18H,2,19-21H2,1H3. The van der Waals surface area contributed by atoms with Crippen LogP contribution in [-0.2, 0) is 27.5 Å². The average molecular weight is 604 g/mol. The van der Waals surface area contributed by atoms with E-state index in [1.165, 1.54) is 0 Å². The van der Waals surface area contributed by atoms with Crippen molar-refractivity contribution in [2.45, 2.75) is 20.1 Å². The number of ether oxygens (including phenoxy) is 4. The van der Waals surface area contributed by atoms with Gasteiger partial charge in [-0.3, -0.25) is 0 Å². The van der Waals surface area contributed by atoms with E-state index in [-0.39, 0.29) is 12.6 Å². The van der Waals surface area contributed by atoms with Crippen LogP contribution in [0.3, 0.4) is 0 Å². The van der Waals surface area contributed by atoms with Gasteiger partial charge in [0.05, 0.1) is 18.1 Å². The minimum atomic E-state index is -0.365. The minimum absolute atomic E-state index is 0.0689. The molecule has 0 atom stereocenters. The second kappa shape index (κ2) is 12.9. The molecule has 5 aromatic rings. The number of benzene rings is 4. The van der Waals surface area contributed by atoms with Gasteiger partial charge in [0.1, 0.15) is 24.7 Å². The van der Waals surface area contributed by atoms with Crippen molar-refractivity contribution in [3.05, 3.63) is 113 Å². The lowest BCUT2D eigenvalue weighted by molar-refractivity contribution is -0.148. The number of esters is 1. The van der Waals surface area contributed by atoms with Crippen molar-refractivity contribution >= 4 is 43.3 Å². The summed E-state index contributed by atoms with van der Waals surface area (Å²) in [5.74, 6) is 1.97. The molecule has 5 rings (SSSR count). The highest BCUT2D eigenvalue weighted by Gasteiger charge is 2.17. The molecule has 0 radical (unpaired) electrons. The lowest BCUT2D eigenvalue weighted by atomic mass is 10.1. The average Bonchev–Trinajstić information content (AvgIpc) is 3.31. The highest BCUT2D eigenvalue weighted by molar-refractivity contribution is 9.10. The fraction of sp³-hybridized carbons (Fsp3) is 0.156. The Hall–Kier alpha value is -3.65. The molecule has 0 aliphatic carbocycles. The molecule has 0 spiro atoms. The van der Waals surface area contributed by atoms with Crippen LogP contribution in [-0.4, -0.2) is 19.2 Å². The Morgan fingerprint density at radius 2 is 1.54 bits per heavy atom. The number of fused-ring (bicyclic) bond motifs is 1. The van der Waals surface area contributed by atoms with Gasteiger partial charge in [0, 0.05) is 14.6 Å². The van der Waals surface area contributed by atoms with Crippen LogP contribution >= 0.6 is 27.3 Å². The van der Waals surface area contributed by atoms with Crippen molar-refractivity contribution in [3.8, 4) is 27.7 Å². The number of rotatable bonds is 11. The Bertz CT molecular complexity index is 1530. The molecule has 7 heteroatoms. The summed E-state index contributed by atoms with van der Waals surface area (Å²) in [6.45, 7) is 2.87. The minimum Gasteiger partial charge on any atom is -0.489 e. The molecular weight excluding hydrogens is 576 g/mol. The summed E-state index contributed by atoms with van der Waals surface area (Å²) in [5, 5.41) is 1.02. The zero-order chi connectivity index (χ0) is 27.0. The zero-order valence-electron chi connectivity index (χ0n) is 21.4. The van der Waals surface area contributed by atoms with Crippen molar-refractivity contribution < 1.29 is 23.7 Å². The predicted octanol–water partition coefficient (Wildman–Crippen LogP) is 8.78. The monoisotopic (exact) mass is 602 g/mol. The van der Waals surface area contributed by atoms with Crippen LogP contribution in [0.2, 0.25) is 0 Å². The summed E-state index contributed by atoms with van der Waals surface area (Å²) in [4.78, 5) is 12.5. The number of thiophene rings is 1. The summed E-state index contributed by atoms with van der Waals surface area (Å²) in [6.07, 6.45) is 0. The molecule has 198 valence electrons. The fourth-order valence-electron chi connectivity index (χ4n) is 4.00. The van der Waals surface area contributed by atoms with Gasteiger partial charge in [-0.05, 0) is 66.1 Å². The smallest absolute Gasteiger partial charge is 0.332 e. The maximum absolute atomic E-state index is 11.5. The first-order chi connectivity index (χ1) is 19.1. The van der Waals surface area contributed by atoms with Gasteiger partial charge in [-0.1, -0.05) is 70.5 Å². The molecule has 1 aromatic heterocycles. The Labute approximate surface area is 240 Å². The van der Waals surface area contributed by atoms with Crippen molar-refractivity contribution in [1.29, 1.82) is 0 Å². The van der Waals surface area contributed by atoms with Gasteiger partial charge < -0.3 is 18.9 Å². The van der Waals surface area contributed by atoms with Gasteiger partial charge in [-0.15, -0.1) is 11.3 Å². The van der Waals surface area contributed by atoms with Gasteiger partial charge in [-0.2, -0.15) is 0 Å². The number of carbonyl (C=O) groups is 1. The van der Waals surface area contributed by atoms with Crippen LogP contribution in [0.5, 0.6) is 17.2 Å². The van der Waals surface area contributed by atoms with Crippen LogP contribution in [0, 0.1) is 0 Å². The van der Waals surface area contributed by atoms with Gasteiger partial charge in [0.2, 0.25) is 0 Å². The van der Waals surface area contributed by atoms with Crippen molar-refractivity contribution in [3.63, 3.8) is 0 Å². The van der Waals surface area contributed by atoms with Crippen LogP contribution < -0.4 is 9.47 Å². The molecule has 0 N–H and O–H groups in total. The SMILES string of the molecule is CCOC(=O)COCc1ccc(Oc2c(-c3ccc(Br)cc3)sc3cc(OCc4ccccc4)ccc23)cc1. The summed E-state index contributed by atoms with van der Waals surface area (Å²) in [6, 6.07) is 32.2. The Balaban J connectivity index is 1.37. The number of halogens is 1. The molecule has 5 nitrogen and oxygen atoms in total. The van der Waals surface area contributed by atoms with Crippen LogP contribution in [0.25, 0.3) is 20.5 Å². The lowest BCUT2D eigenvalue weighted by Crippen LogP contribution is -2.12. The molecule has 0 unspecified atom stereocenters. The lowest BCUT2D eigenvalue weighted by Gasteiger charge is -2.10. The molecular formula is C32H27BrO5S. The molecule has 0 fully saturated rings. The van der Waals surface area contributed by atoms with Gasteiger partial charge >= 0.3 is 5.97 Å². The van der Waals surface area contributed by atoms with E-state index in [9.17, 15) is 4.79 Å². The molecule has 4 aromatic carbocycles. The van der Waals surface area contributed by atoms with E-state index in [1.54, 1.807) is 18.3 Å². The van der Waals surface area contributed by atoms with E-state index in [2.05, 4.69) is 52.3 Å². The molecule has 0 bridgehead atoms. The first-order valence-corrected chi connectivity index (χ1v) is 14.2. The van der Waals surface area contributed by atoms with Crippen molar-refractivity contribution in [1.82, 2.24) is 0 Å². The van der Waals surface area contributed by atoms with E-state index in [1.807, 2.05) is 60.7 Å². The van der Waals surface area contributed by atoms with Gasteiger partial charge in [0.25, 0.3) is 0 Å². The summed E-state index contributed by atoms with van der Waals surface area (Å²) in [7, 11) is 0. The molecule has 0 saturated heterocycles. The Kier molecular flexibility index (Phi) is 8.93. The second-order valence-electron chi connectivity index (χ2n) is 8.74. The Morgan fingerprint density at radius 3 is 2.28 bits per heavy atom. The van der Waals surface area contributed by atoms with E-state index in [0.717, 1.165) is 47.6 Å². The third kappa shape index (κ3) is 7.06. The third-order valence-electron chi connectivity index (χ3n) is 5.91. The maximum Gasteiger partial charge on any atom is 0.332 e. The van der Waals surface area contributed by atoms with Gasteiger partial charge in [0.15, 0.2) is 5.75 Å². The first kappa shape index (κ1) is 26.9. The van der Waals surface area contributed by atoms with Crippen LogP contribution in [0.15, 0.2) is 102 Å². The predicted molar refractivity (Wildman–Crippen MR) is 159 cm³/mol. The maximum atomic E-state index is 11.5.